The topological polar surface area (TPSA) is 24.8 Å². The molecule has 60 valence electrons. The first kappa shape index (κ1) is 6.00. The lowest BCUT2D eigenvalue weighted by Crippen LogP contribution is -2.56. The number of aliphatic imine (C=N–C) groups is 1. The molecule has 0 aliphatic carbocycles. The van der Waals surface area contributed by atoms with Gasteiger partial charge in [-0.05, 0) is 12.8 Å². The lowest BCUT2D eigenvalue weighted by Gasteiger charge is -2.44. The fraction of sp³-hybridized carbons (Fsp3) is 0.875. The van der Waals surface area contributed by atoms with Crippen LogP contribution in [0.3, 0.4) is 0 Å². The van der Waals surface area contributed by atoms with Crippen LogP contribution in [0.5, 0.6) is 0 Å². The maximum atomic E-state index is 5.62. The molecular weight excluding hydrogens is 140 g/mol. The van der Waals surface area contributed by atoms with Crippen molar-refractivity contribution in [3.63, 3.8) is 0 Å². The third kappa shape index (κ3) is 0.692. The Bertz CT molecular complexity index is 206. The molecule has 2 atom stereocenters. The molecule has 0 aromatic carbocycles. The van der Waals surface area contributed by atoms with Crippen molar-refractivity contribution in [3.05, 3.63) is 0 Å². The Morgan fingerprint density at radius 2 is 2.45 bits per heavy atom. The van der Waals surface area contributed by atoms with E-state index in [-0.39, 0.29) is 0 Å². The molecule has 0 aromatic rings. The molecule has 3 heteroatoms. The number of hydrogen-bond donors (Lipinski definition) is 0. The largest absolute Gasteiger partial charge is 0.368 e. The average molecular weight is 152 g/mol. The fourth-order valence-electron chi connectivity index (χ4n) is 2.32. The molecule has 3 fully saturated rings. The van der Waals surface area contributed by atoms with Gasteiger partial charge in [0.05, 0.1) is 19.2 Å². The number of ether oxygens (including phenoxy) is 1. The third-order valence-electron chi connectivity index (χ3n) is 2.89. The van der Waals surface area contributed by atoms with Gasteiger partial charge in [-0.2, -0.15) is 0 Å². The van der Waals surface area contributed by atoms with Crippen molar-refractivity contribution >= 4 is 5.84 Å². The highest BCUT2D eigenvalue weighted by Crippen LogP contribution is 2.29. The molecule has 3 saturated heterocycles. The van der Waals surface area contributed by atoms with Crippen molar-refractivity contribution in [1.29, 1.82) is 0 Å². The summed E-state index contributed by atoms with van der Waals surface area (Å²) in [6, 6.07) is 0.654. The number of nitrogens with zero attached hydrogens (tertiary/aromatic N) is 2. The van der Waals surface area contributed by atoms with E-state index in [1.165, 1.54) is 18.7 Å². The van der Waals surface area contributed by atoms with E-state index in [2.05, 4.69) is 9.89 Å². The summed E-state index contributed by atoms with van der Waals surface area (Å²) in [4.78, 5) is 6.90. The summed E-state index contributed by atoms with van der Waals surface area (Å²) in [7, 11) is 0. The van der Waals surface area contributed by atoms with E-state index < -0.39 is 0 Å². The second kappa shape index (κ2) is 1.97. The third-order valence-corrected chi connectivity index (χ3v) is 2.89. The number of piperidine rings is 1. The monoisotopic (exact) mass is 152 g/mol. The van der Waals surface area contributed by atoms with Crippen LogP contribution in [-0.4, -0.2) is 42.6 Å². The predicted molar refractivity (Wildman–Crippen MR) is 41.8 cm³/mol. The van der Waals surface area contributed by atoms with Crippen molar-refractivity contribution in [2.45, 2.75) is 25.0 Å². The summed E-state index contributed by atoms with van der Waals surface area (Å²) < 4.78 is 5.62. The summed E-state index contributed by atoms with van der Waals surface area (Å²) in [5.74, 6) is 1.24. The van der Waals surface area contributed by atoms with Crippen LogP contribution in [0.15, 0.2) is 4.99 Å². The highest BCUT2D eigenvalue weighted by atomic mass is 16.5. The average Bonchev–Trinajstić information content (AvgIpc) is 2.55. The van der Waals surface area contributed by atoms with Gasteiger partial charge in [0.25, 0.3) is 0 Å². The Kier molecular flexibility index (Phi) is 1.08. The van der Waals surface area contributed by atoms with Gasteiger partial charge in [0, 0.05) is 6.54 Å². The van der Waals surface area contributed by atoms with Crippen molar-refractivity contribution < 1.29 is 4.74 Å². The first-order valence-electron chi connectivity index (χ1n) is 4.38. The summed E-state index contributed by atoms with van der Waals surface area (Å²) in [6.07, 6.45) is 2.85. The molecule has 0 spiro atoms. The minimum Gasteiger partial charge on any atom is -0.368 e. The number of fused-ring (bicyclic) bond motifs is 2. The minimum absolute atomic E-state index is 0.350. The van der Waals surface area contributed by atoms with Gasteiger partial charge < -0.3 is 9.64 Å². The molecule has 0 aromatic heterocycles. The van der Waals surface area contributed by atoms with Crippen LogP contribution in [0.2, 0.25) is 0 Å². The number of rotatable bonds is 0. The van der Waals surface area contributed by atoms with Crippen LogP contribution in [-0.2, 0) is 4.74 Å². The second-order valence-corrected chi connectivity index (χ2v) is 3.49. The second-order valence-electron chi connectivity index (χ2n) is 3.49. The minimum atomic E-state index is 0.350. The van der Waals surface area contributed by atoms with Crippen LogP contribution in [0.4, 0.5) is 0 Å². The van der Waals surface area contributed by atoms with Gasteiger partial charge in [0.15, 0.2) is 0 Å². The zero-order chi connectivity index (χ0) is 7.26. The van der Waals surface area contributed by atoms with Crippen LogP contribution >= 0.6 is 0 Å². The lowest BCUT2D eigenvalue weighted by atomic mass is 9.97. The van der Waals surface area contributed by atoms with E-state index in [1.807, 2.05) is 0 Å². The molecule has 3 nitrogen and oxygen atoms in total. The molecule has 2 unspecified atom stereocenters. The quantitative estimate of drug-likeness (QED) is 0.497. The van der Waals surface area contributed by atoms with Crippen molar-refractivity contribution in [2.75, 3.05) is 19.7 Å². The van der Waals surface area contributed by atoms with E-state index >= 15 is 0 Å². The first-order valence-corrected chi connectivity index (χ1v) is 4.38. The SMILES string of the molecule is C1CN2C(=N1)C1CCC2CO1. The molecule has 2 bridgehead atoms. The van der Waals surface area contributed by atoms with E-state index in [1.54, 1.807) is 0 Å². The summed E-state index contributed by atoms with van der Waals surface area (Å²) in [5, 5.41) is 0. The Labute approximate surface area is 66.0 Å². The predicted octanol–water partition coefficient (Wildman–Crippen LogP) is 0.262. The van der Waals surface area contributed by atoms with Crippen molar-refractivity contribution in [2.24, 2.45) is 4.99 Å². The Hall–Kier alpha value is -0.570. The van der Waals surface area contributed by atoms with Crippen LogP contribution in [0, 0.1) is 0 Å². The number of morpholine rings is 1. The lowest BCUT2D eigenvalue weighted by molar-refractivity contribution is -0.0235. The molecule has 4 aliphatic rings. The Morgan fingerprint density at radius 1 is 1.45 bits per heavy atom. The molecule has 0 radical (unpaired) electrons. The fourth-order valence-corrected chi connectivity index (χ4v) is 2.32. The molecular formula is C8H12N2O. The molecule has 4 aliphatic heterocycles. The van der Waals surface area contributed by atoms with Crippen LogP contribution < -0.4 is 0 Å². The Morgan fingerprint density at radius 3 is 3.18 bits per heavy atom. The normalized spacial score (nSPS) is 40.7. The van der Waals surface area contributed by atoms with Crippen LogP contribution in [0.1, 0.15) is 12.8 Å². The van der Waals surface area contributed by atoms with E-state index in [0.29, 0.717) is 12.1 Å². The van der Waals surface area contributed by atoms with Gasteiger partial charge in [-0.1, -0.05) is 0 Å². The maximum absolute atomic E-state index is 5.62. The van der Waals surface area contributed by atoms with Gasteiger partial charge >= 0.3 is 0 Å². The summed E-state index contributed by atoms with van der Waals surface area (Å²) in [5.41, 5.74) is 0. The first-order chi connectivity index (χ1) is 5.45. The van der Waals surface area contributed by atoms with Gasteiger partial charge in [0.1, 0.15) is 11.9 Å². The molecule has 4 heterocycles. The Balaban J connectivity index is 1.98. The molecule has 0 saturated carbocycles. The molecule has 0 amide bonds. The summed E-state index contributed by atoms with van der Waals surface area (Å²) in [6.45, 7) is 3.06. The van der Waals surface area contributed by atoms with Gasteiger partial charge in [-0.3, -0.25) is 4.99 Å². The van der Waals surface area contributed by atoms with E-state index in [4.69, 9.17) is 4.74 Å². The highest BCUT2D eigenvalue weighted by Gasteiger charge is 2.40. The van der Waals surface area contributed by atoms with Gasteiger partial charge in [-0.15, -0.1) is 0 Å². The van der Waals surface area contributed by atoms with Crippen molar-refractivity contribution in [3.8, 4) is 0 Å². The number of amidine groups is 1. The molecule has 4 rings (SSSR count). The number of hydrogen-bond acceptors (Lipinski definition) is 3. The van der Waals surface area contributed by atoms with E-state index in [0.717, 1.165) is 19.7 Å². The smallest absolute Gasteiger partial charge is 0.129 e. The molecule has 0 N–H and O–H groups in total. The zero-order valence-electron chi connectivity index (χ0n) is 6.49. The van der Waals surface area contributed by atoms with E-state index in [9.17, 15) is 0 Å². The van der Waals surface area contributed by atoms with Gasteiger partial charge in [-0.25, -0.2) is 0 Å². The van der Waals surface area contributed by atoms with Crippen LogP contribution in [0.25, 0.3) is 0 Å². The standard InChI is InChI=1S/C8H12N2O/c1-2-7-8-9-3-4-10(8)6(1)5-11-7/h6-7H,1-5H2. The maximum Gasteiger partial charge on any atom is 0.129 e. The highest BCUT2D eigenvalue weighted by molar-refractivity contribution is 5.89. The molecule has 11 heavy (non-hydrogen) atoms. The van der Waals surface area contributed by atoms with Crippen molar-refractivity contribution in [1.82, 2.24) is 4.90 Å². The zero-order valence-corrected chi connectivity index (χ0v) is 6.49. The summed E-state index contributed by atoms with van der Waals surface area (Å²) >= 11 is 0. The van der Waals surface area contributed by atoms with Gasteiger partial charge in [0.2, 0.25) is 0 Å².